The second-order valence-electron chi connectivity index (χ2n) is 16.6. The minimum atomic E-state index is -0.0522. The molecule has 0 saturated carbocycles. The molecule has 1 aliphatic rings. The van der Waals surface area contributed by atoms with Crippen molar-refractivity contribution in [1.82, 2.24) is 0 Å². The molecule has 2 heteroatoms. The van der Waals surface area contributed by atoms with Gasteiger partial charge in [-0.15, -0.1) is 0 Å². The zero-order chi connectivity index (χ0) is 38.4. The zero-order valence-electron chi connectivity index (χ0n) is 32.6. The predicted octanol–water partition coefficient (Wildman–Crippen LogP) is 15.9. The SMILES string of the molecule is Cc1ccccc1N(c1ccc2cc3c(cc2c1)-c1cc2cc(-c4ccccc4)c(-c4ccccc4)cc2cc1-3)c1cccc2c1oc1c(C(C)(C)C)cccc12. The molecule has 272 valence electrons. The van der Waals surface area contributed by atoms with Gasteiger partial charge < -0.3 is 9.32 Å². The monoisotopic (exact) mass is 731 g/mol. The standard InChI is InChI=1S/C55H41NO/c1-34-15-11-12-23-51(34)56(52-24-14-21-43-42-20-13-22-50(55(2,3)4)53(42)57-54(43)52)41-26-25-37-28-46-47(31-38(37)27-41)49-33-40-30-45(36-18-9-6-10-19-36)44(29-39(40)32-48(46)49)35-16-7-5-8-17-35/h5-33H,1-4H3. The second kappa shape index (κ2) is 12.6. The van der Waals surface area contributed by atoms with Gasteiger partial charge in [-0.25, -0.2) is 0 Å². The molecule has 11 rings (SSSR count). The topological polar surface area (TPSA) is 16.4 Å². The van der Waals surface area contributed by atoms with Crippen molar-refractivity contribution in [2.45, 2.75) is 33.1 Å². The Morgan fingerprint density at radius 2 is 0.895 bits per heavy atom. The highest BCUT2D eigenvalue weighted by molar-refractivity contribution is 6.14. The number of furan rings is 1. The van der Waals surface area contributed by atoms with E-state index >= 15 is 0 Å². The van der Waals surface area contributed by atoms with Crippen LogP contribution in [-0.2, 0) is 5.41 Å². The molecular weight excluding hydrogens is 691 g/mol. The molecule has 1 heterocycles. The van der Waals surface area contributed by atoms with Gasteiger partial charge in [0.1, 0.15) is 5.58 Å². The highest BCUT2D eigenvalue weighted by Crippen LogP contribution is 2.52. The maximum Gasteiger partial charge on any atom is 0.159 e. The van der Waals surface area contributed by atoms with Crippen molar-refractivity contribution in [3.8, 4) is 44.5 Å². The minimum Gasteiger partial charge on any atom is -0.454 e. The molecule has 0 unspecified atom stereocenters. The van der Waals surface area contributed by atoms with Crippen LogP contribution in [0.25, 0.3) is 88.0 Å². The summed E-state index contributed by atoms with van der Waals surface area (Å²) in [5.74, 6) is 0. The molecule has 0 fully saturated rings. The lowest BCUT2D eigenvalue weighted by Crippen LogP contribution is -2.11. The molecule has 10 aromatic rings. The molecule has 0 N–H and O–H groups in total. The summed E-state index contributed by atoms with van der Waals surface area (Å²) in [6.45, 7) is 8.95. The maximum atomic E-state index is 6.94. The Morgan fingerprint density at radius 3 is 1.49 bits per heavy atom. The van der Waals surface area contributed by atoms with Gasteiger partial charge in [-0.3, -0.25) is 0 Å². The van der Waals surface area contributed by atoms with Crippen LogP contribution in [0.3, 0.4) is 0 Å². The average molecular weight is 732 g/mol. The van der Waals surface area contributed by atoms with Gasteiger partial charge in [-0.05, 0) is 145 Å². The number of fused-ring (bicyclic) bond motifs is 9. The van der Waals surface area contributed by atoms with Crippen molar-refractivity contribution >= 4 is 60.5 Å². The summed E-state index contributed by atoms with van der Waals surface area (Å²) in [5, 5.41) is 7.24. The first kappa shape index (κ1) is 33.4. The highest BCUT2D eigenvalue weighted by atomic mass is 16.3. The molecule has 0 aliphatic heterocycles. The smallest absolute Gasteiger partial charge is 0.159 e. The summed E-state index contributed by atoms with van der Waals surface area (Å²) >= 11 is 0. The van der Waals surface area contributed by atoms with Crippen LogP contribution < -0.4 is 4.90 Å². The van der Waals surface area contributed by atoms with E-state index in [1.54, 1.807) is 0 Å². The van der Waals surface area contributed by atoms with Crippen LogP contribution in [0.15, 0.2) is 180 Å². The second-order valence-corrected chi connectivity index (χ2v) is 16.6. The number of benzene rings is 9. The number of rotatable bonds is 5. The molecule has 57 heavy (non-hydrogen) atoms. The van der Waals surface area contributed by atoms with Gasteiger partial charge in [0.25, 0.3) is 0 Å². The fourth-order valence-corrected chi connectivity index (χ4v) is 9.11. The van der Waals surface area contributed by atoms with Gasteiger partial charge >= 0.3 is 0 Å². The number of hydrogen-bond donors (Lipinski definition) is 0. The van der Waals surface area contributed by atoms with Crippen molar-refractivity contribution in [2.24, 2.45) is 0 Å². The fraction of sp³-hybridized carbons (Fsp3) is 0.0909. The van der Waals surface area contributed by atoms with E-state index in [1.807, 2.05) is 0 Å². The van der Waals surface area contributed by atoms with E-state index in [0.717, 1.165) is 39.0 Å². The quantitative estimate of drug-likeness (QED) is 0.175. The predicted molar refractivity (Wildman–Crippen MR) is 242 cm³/mol. The molecule has 0 bridgehead atoms. The summed E-state index contributed by atoms with van der Waals surface area (Å²) < 4.78 is 6.94. The lowest BCUT2D eigenvalue weighted by atomic mass is 9.77. The third kappa shape index (κ3) is 5.32. The molecular formula is C55H41NO. The summed E-state index contributed by atoms with van der Waals surface area (Å²) in [7, 11) is 0. The summed E-state index contributed by atoms with van der Waals surface area (Å²) in [6, 6.07) is 64.5. The number of nitrogens with zero attached hydrogens (tertiary/aromatic N) is 1. The van der Waals surface area contributed by atoms with Crippen molar-refractivity contribution in [3.63, 3.8) is 0 Å². The molecule has 1 aliphatic carbocycles. The summed E-state index contributed by atoms with van der Waals surface area (Å²) in [5.41, 5.74) is 17.7. The van der Waals surface area contributed by atoms with E-state index in [2.05, 4.69) is 209 Å². The van der Waals surface area contributed by atoms with Crippen molar-refractivity contribution < 1.29 is 4.42 Å². The Bertz CT molecular complexity index is 3220. The number of hydrogen-bond acceptors (Lipinski definition) is 2. The minimum absolute atomic E-state index is 0.0522. The maximum absolute atomic E-state index is 6.94. The van der Waals surface area contributed by atoms with Gasteiger partial charge in [-0.1, -0.05) is 136 Å². The molecule has 2 nitrogen and oxygen atoms in total. The molecule has 9 aromatic carbocycles. The van der Waals surface area contributed by atoms with Crippen LogP contribution in [-0.4, -0.2) is 0 Å². The first-order valence-corrected chi connectivity index (χ1v) is 19.9. The van der Waals surface area contributed by atoms with E-state index in [-0.39, 0.29) is 5.41 Å². The lowest BCUT2D eigenvalue weighted by Gasteiger charge is -2.28. The van der Waals surface area contributed by atoms with Crippen LogP contribution >= 0.6 is 0 Å². The van der Waals surface area contributed by atoms with Crippen molar-refractivity contribution in [1.29, 1.82) is 0 Å². The number of para-hydroxylation sites is 3. The van der Waals surface area contributed by atoms with E-state index in [9.17, 15) is 0 Å². The Morgan fingerprint density at radius 1 is 0.404 bits per heavy atom. The summed E-state index contributed by atoms with van der Waals surface area (Å²) in [6.07, 6.45) is 0. The molecule has 0 atom stereocenters. The van der Waals surface area contributed by atoms with Gasteiger partial charge in [0.15, 0.2) is 5.58 Å². The van der Waals surface area contributed by atoms with Gasteiger partial charge in [-0.2, -0.15) is 0 Å². The Hall–Kier alpha value is -6.90. The first-order chi connectivity index (χ1) is 27.8. The molecule has 1 aromatic heterocycles. The van der Waals surface area contributed by atoms with Crippen molar-refractivity contribution in [2.75, 3.05) is 4.90 Å². The van der Waals surface area contributed by atoms with Crippen LogP contribution in [0.5, 0.6) is 0 Å². The number of aryl methyl sites for hydroxylation is 1. The fourth-order valence-electron chi connectivity index (χ4n) is 9.11. The van der Waals surface area contributed by atoms with Crippen LogP contribution in [0, 0.1) is 6.92 Å². The first-order valence-electron chi connectivity index (χ1n) is 19.9. The summed E-state index contributed by atoms with van der Waals surface area (Å²) in [4.78, 5) is 2.38. The van der Waals surface area contributed by atoms with E-state index in [4.69, 9.17) is 4.42 Å². The van der Waals surface area contributed by atoms with Gasteiger partial charge in [0, 0.05) is 27.7 Å². The third-order valence-corrected chi connectivity index (χ3v) is 12.0. The normalized spacial score (nSPS) is 12.2. The zero-order valence-corrected chi connectivity index (χ0v) is 32.6. The van der Waals surface area contributed by atoms with Gasteiger partial charge in [0.2, 0.25) is 0 Å². The molecule has 0 saturated heterocycles. The van der Waals surface area contributed by atoms with Crippen molar-refractivity contribution in [3.05, 3.63) is 187 Å². The van der Waals surface area contributed by atoms with E-state index in [0.29, 0.717) is 0 Å². The van der Waals surface area contributed by atoms with Crippen LogP contribution in [0.2, 0.25) is 0 Å². The largest absolute Gasteiger partial charge is 0.454 e. The Balaban J connectivity index is 1.06. The highest BCUT2D eigenvalue weighted by Gasteiger charge is 2.27. The Labute approximate surface area is 333 Å². The van der Waals surface area contributed by atoms with Crippen LogP contribution in [0.4, 0.5) is 17.1 Å². The lowest BCUT2D eigenvalue weighted by molar-refractivity contribution is 0.573. The van der Waals surface area contributed by atoms with E-state index in [1.165, 1.54) is 77.2 Å². The number of anilines is 3. The Kier molecular flexibility index (Phi) is 7.37. The molecule has 0 spiro atoms. The third-order valence-electron chi connectivity index (χ3n) is 12.0. The van der Waals surface area contributed by atoms with Gasteiger partial charge in [0.05, 0.1) is 5.69 Å². The average Bonchev–Trinajstić information content (AvgIpc) is 3.63. The van der Waals surface area contributed by atoms with E-state index < -0.39 is 0 Å². The molecule has 0 amide bonds. The molecule has 0 radical (unpaired) electrons. The van der Waals surface area contributed by atoms with Crippen LogP contribution in [0.1, 0.15) is 31.9 Å².